The highest BCUT2D eigenvalue weighted by molar-refractivity contribution is 6.12. The summed E-state index contributed by atoms with van der Waals surface area (Å²) in [7, 11) is 0. The van der Waals surface area contributed by atoms with E-state index in [-0.39, 0.29) is 0 Å². The van der Waals surface area contributed by atoms with Crippen molar-refractivity contribution in [3.8, 4) is 56.1 Å². The Morgan fingerprint density at radius 2 is 0.928 bits per heavy atom. The Bertz CT molecular complexity index is 3860. The predicted molar refractivity (Wildman–Crippen MR) is 285 cm³/mol. The highest BCUT2D eigenvalue weighted by Gasteiger charge is 2.21. The molecule has 0 radical (unpaired) electrons. The van der Waals surface area contributed by atoms with E-state index in [0.717, 1.165) is 128 Å². The van der Waals surface area contributed by atoms with Crippen LogP contribution < -0.4 is 0 Å². The minimum Gasteiger partial charge on any atom is -0.456 e. The first-order chi connectivity index (χ1) is 34.1. The van der Waals surface area contributed by atoms with Gasteiger partial charge in [-0.15, -0.1) is 6.58 Å². The maximum atomic E-state index is 6.20. The number of furan rings is 1. The van der Waals surface area contributed by atoms with E-state index in [1.165, 1.54) is 0 Å². The first kappa shape index (κ1) is 42.6. The van der Waals surface area contributed by atoms with E-state index in [1.54, 1.807) is 0 Å². The topological polar surface area (TPSA) is 87.5 Å². The molecule has 0 fully saturated rings. The van der Waals surface area contributed by atoms with Crippen molar-refractivity contribution in [2.45, 2.75) is 27.2 Å². The molecule has 0 amide bonds. The lowest BCUT2D eigenvalue weighted by atomic mass is 10.0. The van der Waals surface area contributed by atoms with Crippen LogP contribution in [0, 0.1) is 0 Å². The maximum Gasteiger partial charge on any atom is 0.135 e. The van der Waals surface area contributed by atoms with Crippen molar-refractivity contribution in [2.24, 2.45) is 0 Å². The molecule has 0 atom stereocenters. The van der Waals surface area contributed by atoms with Crippen molar-refractivity contribution >= 4 is 65.8 Å². The van der Waals surface area contributed by atoms with Gasteiger partial charge in [-0.1, -0.05) is 106 Å². The SMILES string of the molecule is C=CCC.CC.c1ccc(-c2cncc(-c3ccc4c(n3)c3nc(-c5cncc(-c6ccccc6)c5)ccc3n4-c3ccc4c(c3)c3cnccc3n4-c3ccc4oc5ccccc5c4c3)c2)cc1. The van der Waals surface area contributed by atoms with Gasteiger partial charge in [0.1, 0.15) is 22.2 Å². The molecular weight excluding hydrogens is 847 g/mol. The smallest absolute Gasteiger partial charge is 0.135 e. The van der Waals surface area contributed by atoms with Crippen LogP contribution in [0.25, 0.3) is 122 Å². The number of fused-ring (bicyclic) bond motifs is 9. The zero-order chi connectivity index (χ0) is 46.8. The number of hydrogen-bond donors (Lipinski definition) is 0. The lowest BCUT2D eigenvalue weighted by Gasteiger charge is -2.11. The number of allylic oxidation sites excluding steroid dienone is 1. The molecule has 332 valence electrons. The molecule has 13 aromatic rings. The highest BCUT2D eigenvalue weighted by Crippen LogP contribution is 2.39. The molecule has 8 heterocycles. The first-order valence-corrected chi connectivity index (χ1v) is 23.4. The molecule has 8 nitrogen and oxygen atoms in total. The molecule has 0 aliphatic rings. The second-order valence-electron chi connectivity index (χ2n) is 16.5. The molecule has 8 heteroatoms. The van der Waals surface area contributed by atoms with Gasteiger partial charge >= 0.3 is 0 Å². The summed E-state index contributed by atoms with van der Waals surface area (Å²) in [5, 5.41) is 4.33. The van der Waals surface area contributed by atoms with Gasteiger partial charge in [-0.05, 0) is 102 Å². The third-order valence-electron chi connectivity index (χ3n) is 12.5. The van der Waals surface area contributed by atoms with Crippen molar-refractivity contribution in [3.63, 3.8) is 0 Å². The molecule has 0 aliphatic heterocycles. The Labute approximate surface area is 399 Å². The Morgan fingerprint density at radius 3 is 1.54 bits per heavy atom. The standard InChI is InChI=1S/C55H33N7O.C4H8.C2H6/c1-3-9-34(10-4-1)36-25-38(31-57-29-36)46-17-20-50-54(59-46)55-51(21-18-47(60-55)39-26-37(30-58-32-39)35-11-5-2-6-12-35)62(50)40-15-19-48-43(27-40)45-33-56-24-23-49(45)61(48)41-16-22-53-44(28-41)42-13-7-8-14-52(42)63-53;1-3-4-2;1-2/h1-33H;3H,1,4H2,2H3;1-2H3. The molecule has 0 aliphatic carbocycles. The lowest BCUT2D eigenvalue weighted by Crippen LogP contribution is -1.96. The summed E-state index contributed by atoms with van der Waals surface area (Å²) in [6.45, 7) is 9.54. The molecule has 0 N–H and O–H groups in total. The quantitative estimate of drug-likeness (QED) is 0.148. The Kier molecular flexibility index (Phi) is 11.3. The Balaban J connectivity index is 0.000000827. The van der Waals surface area contributed by atoms with E-state index in [4.69, 9.17) is 14.4 Å². The van der Waals surface area contributed by atoms with Gasteiger partial charge in [0, 0.05) is 92.4 Å². The number of pyridine rings is 5. The summed E-state index contributed by atoms with van der Waals surface area (Å²) in [6, 6.07) is 56.8. The second-order valence-corrected chi connectivity index (χ2v) is 16.5. The summed E-state index contributed by atoms with van der Waals surface area (Å²) in [5.41, 5.74) is 17.2. The van der Waals surface area contributed by atoms with Crippen LogP contribution in [0.3, 0.4) is 0 Å². The molecule has 13 rings (SSSR count). The maximum absolute atomic E-state index is 6.20. The fraction of sp³-hybridized carbons (Fsp3) is 0.0656. The molecule has 5 aromatic carbocycles. The first-order valence-electron chi connectivity index (χ1n) is 23.4. The second kappa shape index (κ2) is 18.3. The van der Waals surface area contributed by atoms with Crippen LogP contribution in [0.4, 0.5) is 0 Å². The fourth-order valence-electron chi connectivity index (χ4n) is 9.20. The van der Waals surface area contributed by atoms with E-state index < -0.39 is 0 Å². The number of para-hydroxylation sites is 1. The van der Waals surface area contributed by atoms with Gasteiger partial charge in [0.2, 0.25) is 0 Å². The van der Waals surface area contributed by atoms with Crippen molar-refractivity contribution in [2.75, 3.05) is 0 Å². The molecule has 0 saturated carbocycles. The Morgan fingerprint density at radius 1 is 0.435 bits per heavy atom. The van der Waals surface area contributed by atoms with Crippen LogP contribution in [-0.2, 0) is 0 Å². The monoisotopic (exact) mass is 893 g/mol. The molecule has 8 aromatic heterocycles. The normalized spacial score (nSPS) is 11.2. The van der Waals surface area contributed by atoms with Gasteiger partial charge in [0.05, 0.1) is 33.5 Å². The lowest BCUT2D eigenvalue weighted by molar-refractivity contribution is 0.669. The Hall–Kier alpha value is -9.01. The number of rotatable bonds is 7. The highest BCUT2D eigenvalue weighted by atomic mass is 16.3. The average molecular weight is 894 g/mol. The van der Waals surface area contributed by atoms with Gasteiger partial charge < -0.3 is 13.6 Å². The average Bonchev–Trinajstić information content (AvgIpc) is 4.08. The van der Waals surface area contributed by atoms with E-state index in [0.29, 0.717) is 0 Å². The van der Waals surface area contributed by atoms with Gasteiger partial charge in [0.15, 0.2) is 0 Å². The molecule has 0 saturated heterocycles. The molecular formula is C61H47N7O. The number of nitrogens with zero attached hydrogens (tertiary/aromatic N) is 7. The number of aromatic nitrogens is 7. The molecule has 0 unspecified atom stereocenters. The van der Waals surface area contributed by atoms with Gasteiger partial charge in [-0.3, -0.25) is 15.0 Å². The molecule has 0 spiro atoms. The van der Waals surface area contributed by atoms with Crippen LogP contribution in [-0.4, -0.2) is 34.1 Å². The molecule has 69 heavy (non-hydrogen) atoms. The minimum atomic E-state index is 0.798. The summed E-state index contributed by atoms with van der Waals surface area (Å²) in [4.78, 5) is 24.7. The number of benzene rings is 5. The minimum absolute atomic E-state index is 0.798. The third-order valence-corrected chi connectivity index (χ3v) is 12.5. The van der Waals surface area contributed by atoms with Crippen LogP contribution in [0.15, 0.2) is 218 Å². The zero-order valence-corrected chi connectivity index (χ0v) is 38.6. The predicted octanol–water partition coefficient (Wildman–Crippen LogP) is 16.0. The zero-order valence-electron chi connectivity index (χ0n) is 38.6. The molecule has 0 bridgehead atoms. The van der Waals surface area contributed by atoms with Crippen molar-refractivity contribution in [1.82, 2.24) is 34.1 Å². The van der Waals surface area contributed by atoms with Crippen LogP contribution in [0.1, 0.15) is 27.2 Å². The van der Waals surface area contributed by atoms with E-state index >= 15 is 0 Å². The van der Waals surface area contributed by atoms with Crippen molar-refractivity contribution in [1.29, 1.82) is 0 Å². The van der Waals surface area contributed by atoms with Crippen LogP contribution in [0.2, 0.25) is 0 Å². The third kappa shape index (κ3) is 7.68. The van der Waals surface area contributed by atoms with Gasteiger partial charge in [-0.25, -0.2) is 9.97 Å². The van der Waals surface area contributed by atoms with Crippen molar-refractivity contribution < 1.29 is 4.42 Å². The largest absolute Gasteiger partial charge is 0.456 e. The van der Waals surface area contributed by atoms with E-state index in [2.05, 4.69) is 153 Å². The van der Waals surface area contributed by atoms with Crippen molar-refractivity contribution in [3.05, 3.63) is 214 Å². The van der Waals surface area contributed by atoms with E-state index in [9.17, 15) is 0 Å². The summed E-state index contributed by atoms with van der Waals surface area (Å²) >= 11 is 0. The van der Waals surface area contributed by atoms with Gasteiger partial charge in [-0.2, -0.15) is 0 Å². The summed E-state index contributed by atoms with van der Waals surface area (Å²) < 4.78 is 10.8. The van der Waals surface area contributed by atoms with Crippen LogP contribution >= 0.6 is 0 Å². The fourth-order valence-corrected chi connectivity index (χ4v) is 9.20. The summed E-state index contributed by atoms with van der Waals surface area (Å²) in [6.07, 6.45) is 14.3. The van der Waals surface area contributed by atoms with Crippen LogP contribution in [0.5, 0.6) is 0 Å². The summed E-state index contributed by atoms with van der Waals surface area (Å²) in [5.74, 6) is 0. The number of hydrogen-bond acceptors (Lipinski definition) is 6. The van der Waals surface area contributed by atoms with Gasteiger partial charge in [0.25, 0.3) is 0 Å². The van der Waals surface area contributed by atoms with E-state index in [1.807, 2.05) is 106 Å².